The molecule has 2 aromatic rings. The predicted octanol–water partition coefficient (Wildman–Crippen LogP) is 3.44. The van der Waals surface area contributed by atoms with E-state index < -0.39 is 0 Å². The minimum atomic E-state index is -0.122. The van der Waals surface area contributed by atoms with Gasteiger partial charge in [0.25, 0.3) is 0 Å². The van der Waals surface area contributed by atoms with E-state index in [0.29, 0.717) is 22.9 Å². The van der Waals surface area contributed by atoms with Crippen molar-refractivity contribution in [2.75, 3.05) is 16.8 Å². The number of aromatic nitrogens is 2. The molecule has 1 aliphatic rings. The van der Waals surface area contributed by atoms with Crippen LogP contribution in [0.25, 0.3) is 0 Å². The molecule has 25 heavy (non-hydrogen) atoms. The largest absolute Gasteiger partial charge is 0.300 e. The molecule has 0 aliphatic carbocycles. The van der Waals surface area contributed by atoms with Crippen LogP contribution in [0.4, 0.5) is 10.8 Å². The minimum absolute atomic E-state index is 0.0889. The maximum absolute atomic E-state index is 12.2. The minimum Gasteiger partial charge on any atom is -0.300 e. The number of ketones is 1. The topological polar surface area (TPSA) is 84.3 Å². The van der Waals surface area contributed by atoms with Gasteiger partial charge in [0, 0.05) is 17.0 Å². The molecule has 1 aliphatic heterocycles. The molecule has 0 unspecified atom stereocenters. The quantitative estimate of drug-likeness (QED) is 0.837. The lowest BCUT2D eigenvalue weighted by Gasteiger charge is -2.14. The number of Topliss-reactive ketones (excluding diaryl/α,β-unsaturated/α-hetero) is 1. The van der Waals surface area contributed by atoms with Crippen LogP contribution in [-0.2, 0) is 11.2 Å². The first-order valence-electron chi connectivity index (χ1n) is 7.95. The van der Waals surface area contributed by atoms with Crippen LogP contribution in [-0.4, -0.2) is 39.1 Å². The number of thioether (sulfide) groups is 1. The number of nitrogens with zero attached hydrogens (tertiary/aromatic N) is 3. The molecule has 0 fully saturated rings. The molecule has 1 aromatic heterocycles. The Morgan fingerprint density at radius 1 is 1.36 bits per heavy atom. The molecule has 130 valence electrons. The second-order valence-corrected chi connectivity index (χ2v) is 7.74. The van der Waals surface area contributed by atoms with E-state index in [2.05, 4.69) is 20.5 Å². The van der Waals surface area contributed by atoms with Crippen LogP contribution in [0.15, 0.2) is 23.2 Å². The first-order valence-corrected chi connectivity index (χ1v) is 9.92. The third kappa shape index (κ3) is 4.52. The number of carbonyl (C=O) groups excluding carboxylic acids is 2. The molecule has 3 rings (SSSR count). The van der Waals surface area contributed by atoms with Gasteiger partial charge >= 0.3 is 0 Å². The smallest absolute Gasteiger partial charge is 0.236 e. The number of rotatable bonds is 6. The zero-order chi connectivity index (χ0) is 17.8. The van der Waals surface area contributed by atoms with E-state index in [1.54, 1.807) is 0 Å². The summed E-state index contributed by atoms with van der Waals surface area (Å²) in [6, 6.07) is 5.68. The molecular formula is C17H18N4O2S2. The monoisotopic (exact) mass is 374 g/mol. The van der Waals surface area contributed by atoms with Crippen molar-refractivity contribution in [3.05, 3.63) is 34.3 Å². The Hall–Kier alpha value is -2.06. The lowest BCUT2D eigenvalue weighted by atomic mass is 9.99. The Balaban J connectivity index is 1.53. The number of hydrogen-bond acceptors (Lipinski definition) is 7. The van der Waals surface area contributed by atoms with Crippen LogP contribution in [0.5, 0.6) is 0 Å². The Kier molecular flexibility index (Phi) is 5.60. The maximum Gasteiger partial charge on any atom is 0.236 e. The summed E-state index contributed by atoms with van der Waals surface area (Å²) in [5, 5.41) is 12.1. The van der Waals surface area contributed by atoms with E-state index in [0.717, 1.165) is 28.4 Å². The first-order chi connectivity index (χ1) is 12.0. The van der Waals surface area contributed by atoms with Gasteiger partial charge < -0.3 is 0 Å². The molecule has 0 spiro atoms. The summed E-state index contributed by atoms with van der Waals surface area (Å²) >= 11 is 2.83. The summed E-state index contributed by atoms with van der Waals surface area (Å²) in [6.45, 7) is 3.97. The third-order valence-corrected chi connectivity index (χ3v) is 5.60. The fourth-order valence-electron chi connectivity index (χ4n) is 2.41. The molecule has 6 nitrogen and oxygen atoms in total. The summed E-state index contributed by atoms with van der Waals surface area (Å²) < 4.78 is 0. The fourth-order valence-corrected chi connectivity index (χ4v) is 3.87. The van der Waals surface area contributed by atoms with Crippen molar-refractivity contribution >= 4 is 51.3 Å². The summed E-state index contributed by atoms with van der Waals surface area (Å²) in [7, 11) is 0. The Morgan fingerprint density at radius 2 is 2.20 bits per heavy atom. The lowest BCUT2D eigenvalue weighted by Crippen LogP contribution is -2.18. The molecule has 1 aromatic carbocycles. The molecule has 0 atom stereocenters. The molecule has 1 amide bonds. The number of anilines is 1. The molecule has 0 radical (unpaired) electrons. The number of amides is 1. The van der Waals surface area contributed by atoms with Gasteiger partial charge in [-0.25, -0.2) is 0 Å². The van der Waals surface area contributed by atoms with Gasteiger partial charge in [0.05, 0.1) is 17.9 Å². The second kappa shape index (κ2) is 7.88. The molecule has 0 saturated carbocycles. The van der Waals surface area contributed by atoms with Crippen LogP contribution in [0, 0.1) is 6.92 Å². The predicted molar refractivity (Wildman–Crippen MR) is 102 cm³/mol. The Morgan fingerprint density at radius 3 is 2.96 bits per heavy atom. The normalized spacial score (nSPS) is 13.4. The number of nitrogens with one attached hydrogen (secondary N) is 1. The van der Waals surface area contributed by atoms with Crippen LogP contribution in [0.3, 0.4) is 0 Å². The number of aryl methyl sites for hydroxylation is 2. The number of carbonyl (C=O) groups is 2. The van der Waals surface area contributed by atoms with Crippen LogP contribution < -0.4 is 5.32 Å². The van der Waals surface area contributed by atoms with Gasteiger partial charge in [0.2, 0.25) is 11.0 Å². The number of hydrogen-bond donors (Lipinski definition) is 1. The van der Waals surface area contributed by atoms with Gasteiger partial charge in [0.15, 0.2) is 5.78 Å². The van der Waals surface area contributed by atoms with E-state index in [4.69, 9.17) is 0 Å². The second-order valence-electron chi connectivity index (χ2n) is 5.69. The fraction of sp³-hybridized carbons (Fsp3) is 0.353. The number of benzene rings is 1. The summed E-state index contributed by atoms with van der Waals surface area (Å²) in [5.41, 5.74) is 3.30. The Labute approximate surface area is 154 Å². The van der Waals surface area contributed by atoms with Crippen molar-refractivity contribution < 1.29 is 9.59 Å². The molecule has 0 bridgehead atoms. The average molecular weight is 374 g/mol. The van der Waals surface area contributed by atoms with Crippen molar-refractivity contribution in [3.63, 3.8) is 0 Å². The average Bonchev–Trinajstić information content (AvgIpc) is 3.02. The highest BCUT2D eigenvalue weighted by Crippen LogP contribution is 2.27. The van der Waals surface area contributed by atoms with E-state index in [-0.39, 0.29) is 17.4 Å². The van der Waals surface area contributed by atoms with Crippen LogP contribution in [0.2, 0.25) is 0 Å². The van der Waals surface area contributed by atoms with Gasteiger partial charge in [-0.2, -0.15) is 0 Å². The van der Waals surface area contributed by atoms with E-state index in [1.165, 1.54) is 23.1 Å². The highest BCUT2D eigenvalue weighted by Gasteiger charge is 2.20. The van der Waals surface area contributed by atoms with Crippen molar-refractivity contribution in [1.29, 1.82) is 0 Å². The number of aliphatic imine (C=N–C) groups is 1. The maximum atomic E-state index is 12.2. The number of fused-ring (bicyclic) bond motifs is 1. The lowest BCUT2D eigenvalue weighted by molar-refractivity contribution is -0.113. The van der Waals surface area contributed by atoms with Crippen molar-refractivity contribution in [3.8, 4) is 0 Å². The summed E-state index contributed by atoms with van der Waals surface area (Å²) in [4.78, 5) is 28.7. The SMILES string of the molecule is CCc1nnc(NC(=O)CSCC2=Nc3cc(C)ccc3C(=O)C2)s1. The molecule has 1 N–H and O–H groups in total. The molecule has 0 saturated heterocycles. The van der Waals surface area contributed by atoms with Gasteiger partial charge in [-0.05, 0) is 31.0 Å². The van der Waals surface area contributed by atoms with Gasteiger partial charge in [0.1, 0.15) is 5.01 Å². The van der Waals surface area contributed by atoms with Crippen molar-refractivity contribution in [2.24, 2.45) is 4.99 Å². The summed E-state index contributed by atoms with van der Waals surface area (Å²) in [5.74, 6) is 0.812. The third-order valence-electron chi connectivity index (χ3n) is 3.61. The van der Waals surface area contributed by atoms with Crippen molar-refractivity contribution in [1.82, 2.24) is 10.2 Å². The zero-order valence-corrected chi connectivity index (χ0v) is 15.7. The highest BCUT2D eigenvalue weighted by atomic mass is 32.2. The van der Waals surface area contributed by atoms with Gasteiger partial charge in [-0.3, -0.25) is 19.9 Å². The molecular weight excluding hydrogens is 356 g/mol. The first kappa shape index (κ1) is 17.8. The standard InChI is InChI=1S/C17H18N4O2S2/c1-3-16-20-21-17(25-16)19-15(23)9-24-8-11-7-14(22)12-5-4-10(2)6-13(12)18-11/h4-6H,3,7-9H2,1-2H3,(H,19,21,23). The van der Waals surface area contributed by atoms with E-state index in [9.17, 15) is 9.59 Å². The van der Waals surface area contributed by atoms with Gasteiger partial charge in [-0.1, -0.05) is 24.3 Å². The Bertz CT molecular complexity index is 845. The van der Waals surface area contributed by atoms with E-state index >= 15 is 0 Å². The van der Waals surface area contributed by atoms with Crippen molar-refractivity contribution in [2.45, 2.75) is 26.7 Å². The van der Waals surface area contributed by atoms with E-state index in [1.807, 2.05) is 32.0 Å². The molecule has 8 heteroatoms. The van der Waals surface area contributed by atoms with Crippen LogP contribution >= 0.6 is 23.1 Å². The summed E-state index contributed by atoms with van der Waals surface area (Å²) in [6.07, 6.45) is 1.12. The van der Waals surface area contributed by atoms with Gasteiger partial charge in [-0.15, -0.1) is 22.0 Å². The highest BCUT2D eigenvalue weighted by molar-refractivity contribution is 8.00. The zero-order valence-electron chi connectivity index (χ0n) is 14.0. The molecule has 2 heterocycles. The van der Waals surface area contributed by atoms with Crippen LogP contribution in [0.1, 0.15) is 34.3 Å².